The lowest BCUT2D eigenvalue weighted by Gasteiger charge is -2.35. The van der Waals surface area contributed by atoms with Crippen LogP contribution in [0.5, 0.6) is 0 Å². The standard InChI is InChI=1S/C37H46N4O7/c1-6-37(48-34(45)17-38-32(43)8-7-24(5)42)16-33(44)47-20-28-29(37)15-31-35-27(19-41(31)36(28)46)26(18-40-11-9-21(2)10-12-40)25-13-22(3)23(4)14-30(25)39-35/h13,15,21,30H,6-12,14,16-20H2,1-5H3,(H,38,43)/t30?,37-/m1/s1. The van der Waals surface area contributed by atoms with E-state index in [1.807, 2.05) is 6.07 Å². The number of hydrogen-bond donors (Lipinski definition) is 1. The van der Waals surface area contributed by atoms with Crippen LogP contribution in [-0.2, 0) is 47.4 Å². The zero-order chi connectivity index (χ0) is 34.3. The number of allylic oxidation sites excluding steroid dienone is 3. The van der Waals surface area contributed by atoms with Crippen molar-refractivity contribution in [1.29, 1.82) is 0 Å². The van der Waals surface area contributed by atoms with E-state index in [2.05, 4.69) is 37.1 Å². The zero-order valence-corrected chi connectivity index (χ0v) is 28.7. The summed E-state index contributed by atoms with van der Waals surface area (Å²) in [6, 6.07) is 1.82. The number of aromatic nitrogens is 1. The van der Waals surface area contributed by atoms with Crippen molar-refractivity contribution in [1.82, 2.24) is 14.8 Å². The highest BCUT2D eigenvalue weighted by Gasteiger charge is 2.45. The van der Waals surface area contributed by atoms with Gasteiger partial charge in [0.2, 0.25) is 5.91 Å². The first-order valence-corrected chi connectivity index (χ1v) is 17.2. The summed E-state index contributed by atoms with van der Waals surface area (Å²) in [5.74, 6) is -1.20. The molecule has 4 aliphatic heterocycles. The Morgan fingerprint density at radius 2 is 1.90 bits per heavy atom. The van der Waals surface area contributed by atoms with E-state index in [4.69, 9.17) is 14.5 Å². The molecule has 0 saturated carbocycles. The number of hydrogen-bond acceptors (Lipinski definition) is 9. The van der Waals surface area contributed by atoms with Crippen LogP contribution < -0.4 is 10.9 Å². The number of amides is 1. The Balaban J connectivity index is 1.39. The quantitative estimate of drug-likeness (QED) is 0.396. The molecule has 11 nitrogen and oxygen atoms in total. The second-order valence-electron chi connectivity index (χ2n) is 14.1. The van der Waals surface area contributed by atoms with E-state index in [1.165, 1.54) is 29.2 Å². The second-order valence-corrected chi connectivity index (χ2v) is 14.1. The number of ether oxygens (including phenoxy) is 2. The van der Waals surface area contributed by atoms with E-state index in [-0.39, 0.29) is 55.2 Å². The minimum Gasteiger partial charge on any atom is -0.460 e. The highest BCUT2D eigenvalue weighted by Crippen LogP contribution is 2.43. The Morgan fingerprint density at radius 1 is 1.15 bits per heavy atom. The smallest absolute Gasteiger partial charge is 0.326 e. The van der Waals surface area contributed by atoms with Crippen LogP contribution in [-0.4, -0.2) is 71.0 Å². The van der Waals surface area contributed by atoms with Gasteiger partial charge in [-0.1, -0.05) is 31.1 Å². The van der Waals surface area contributed by atoms with Gasteiger partial charge in [0.05, 0.1) is 36.0 Å². The first-order valence-electron chi connectivity index (χ1n) is 17.2. The third-order valence-electron chi connectivity index (χ3n) is 10.7. The van der Waals surface area contributed by atoms with E-state index in [9.17, 15) is 24.0 Å². The average Bonchev–Trinajstić information content (AvgIpc) is 3.35. The summed E-state index contributed by atoms with van der Waals surface area (Å²) >= 11 is 0. The molecule has 0 radical (unpaired) electrons. The fourth-order valence-electron chi connectivity index (χ4n) is 7.55. The number of pyridine rings is 1. The number of nitrogens with zero attached hydrogens (tertiary/aromatic N) is 3. The van der Waals surface area contributed by atoms with Gasteiger partial charge >= 0.3 is 11.9 Å². The summed E-state index contributed by atoms with van der Waals surface area (Å²) in [4.78, 5) is 71.7. The number of ketones is 1. The van der Waals surface area contributed by atoms with Crippen molar-refractivity contribution in [3.8, 4) is 0 Å². The number of cyclic esters (lactones) is 1. The van der Waals surface area contributed by atoms with Gasteiger partial charge in [-0.05, 0) is 82.7 Å². The molecule has 0 aromatic carbocycles. The van der Waals surface area contributed by atoms with E-state index in [1.54, 1.807) is 11.5 Å². The predicted molar refractivity (Wildman–Crippen MR) is 179 cm³/mol. The first-order chi connectivity index (χ1) is 22.9. The number of nitrogens with one attached hydrogen (secondary N) is 1. The van der Waals surface area contributed by atoms with Crippen molar-refractivity contribution in [2.45, 2.75) is 104 Å². The van der Waals surface area contributed by atoms with Crippen LogP contribution in [0, 0.1) is 5.92 Å². The van der Waals surface area contributed by atoms with Gasteiger partial charge in [0, 0.05) is 30.5 Å². The van der Waals surface area contributed by atoms with Crippen LogP contribution in [0.25, 0.3) is 0 Å². The first kappa shape index (κ1) is 33.8. The normalized spacial score (nSPS) is 24.0. The molecule has 1 aliphatic carbocycles. The van der Waals surface area contributed by atoms with Gasteiger partial charge in [-0.15, -0.1) is 0 Å². The Bertz CT molecular complexity index is 1750. The molecule has 0 bridgehead atoms. The Morgan fingerprint density at radius 3 is 2.60 bits per heavy atom. The SMILES string of the molecule is CC[C@@]1(OC(=O)CNC(=O)CCC(C)=O)CC(=O)OCc2c1cc1n(c2=O)CC2=C(CN3CCC(C)CC3)C3=CC(C)=C(C)CC3N=C21. The van der Waals surface area contributed by atoms with Gasteiger partial charge in [0.1, 0.15) is 24.5 Å². The van der Waals surface area contributed by atoms with Crippen LogP contribution >= 0.6 is 0 Å². The average molecular weight is 659 g/mol. The number of aliphatic imine (C=N–C) groups is 1. The van der Waals surface area contributed by atoms with Gasteiger partial charge in [-0.2, -0.15) is 0 Å². The molecule has 1 saturated heterocycles. The van der Waals surface area contributed by atoms with E-state index >= 15 is 0 Å². The van der Waals surface area contributed by atoms with Gasteiger partial charge in [0.25, 0.3) is 5.56 Å². The molecule has 5 aliphatic rings. The van der Waals surface area contributed by atoms with E-state index in [0.29, 0.717) is 23.7 Å². The molecule has 1 unspecified atom stereocenters. The number of piperidine rings is 1. The van der Waals surface area contributed by atoms with Gasteiger partial charge in [-0.25, -0.2) is 0 Å². The monoisotopic (exact) mass is 658 g/mol. The van der Waals surface area contributed by atoms with Crippen molar-refractivity contribution in [3.63, 3.8) is 0 Å². The van der Waals surface area contributed by atoms with Crippen molar-refractivity contribution >= 4 is 29.3 Å². The molecule has 5 heterocycles. The van der Waals surface area contributed by atoms with Crippen LogP contribution in [0.2, 0.25) is 0 Å². The largest absolute Gasteiger partial charge is 0.460 e. The van der Waals surface area contributed by atoms with Crippen molar-refractivity contribution < 1.29 is 28.7 Å². The fourth-order valence-corrected chi connectivity index (χ4v) is 7.55. The molecule has 2 atom stereocenters. The number of esters is 2. The van der Waals surface area contributed by atoms with Crippen LogP contribution in [0.1, 0.15) is 96.4 Å². The summed E-state index contributed by atoms with van der Waals surface area (Å²) in [6.07, 6.45) is 5.37. The maximum absolute atomic E-state index is 14.3. The molecular formula is C37H46N4O7. The highest BCUT2D eigenvalue weighted by molar-refractivity contribution is 6.15. The number of fused-ring (bicyclic) bond motifs is 5. The summed E-state index contributed by atoms with van der Waals surface area (Å²) in [7, 11) is 0. The van der Waals surface area contributed by atoms with Gasteiger partial charge in [0.15, 0.2) is 0 Å². The van der Waals surface area contributed by atoms with Gasteiger partial charge < -0.3 is 24.2 Å². The summed E-state index contributed by atoms with van der Waals surface area (Å²) < 4.78 is 13.3. The third kappa shape index (κ3) is 6.49. The molecular weight excluding hydrogens is 612 g/mol. The van der Waals surface area contributed by atoms with Crippen molar-refractivity contribution in [2.24, 2.45) is 10.9 Å². The molecule has 11 heteroatoms. The lowest BCUT2D eigenvalue weighted by molar-refractivity contribution is -0.167. The Labute approximate surface area is 281 Å². The zero-order valence-electron chi connectivity index (χ0n) is 28.7. The molecule has 0 spiro atoms. The van der Waals surface area contributed by atoms with Crippen LogP contribution in [0.15, 0.2) is 49.8 Å². The maximum atomic E-state index is 14.3. The van der Waals surface area contributed by atoms with Crippen molar-refractivity contribution in [3.05, 3.63) is 67.2 Å². The molecule has 1 aromatic heterocycles. The molecule has 256 valence electrons. The number of likely N-dealkylation sites (tertiary alicyclic amines) is 1. The van der Waals surface area contributed by atoms with Crippen LogP contribution in [0.3, 0.4) is 0 Å². The lowest BCUT2D eigenvalue weighted by atomic mass is 9.80. The second kappa shape index (κ2) is 13.4. The van der Waals surface area contributed by atoms with E-state index < -0.39 is 30.0 Å². The third-order valence-corrected chi connectivity index (χ3v) is 10.7. The molecule has 1 aromatic rings. The minimum atomic E-state index is -1.47. The molecule has 48 heavy (non-hydrogen) atoms. The van der Waals surface area contributed by atoms with Gasteiger partial charge in [-0.3, -0.25) is 29.1 Å². The molecule has 1 fully saturated rings. The number of dihydropyridines is 1. The number of rotatable bonds is 9. The summed E-state index contributed by atoms with van der Waals surface area (Å²) in [5.41, 5.74) is 6.47. The lowest BCUT2D eigenvalue weighted by Crippen LogP contribution is -2.40. The molecule has 6 rings (SSSR count). The minimum absolute atomic E-state index is 0.0385. The van der Waals surface area contributed by atoms with Crippen molar-refractivity contribution in [2.75, 3.05) is 26.2 Å². The number of Topliss-reactive ketones (excluding diaryl/α,β-unsaturated/α-hetero) is 1. The summed E-state index contributed by atoms with van der Waals surface area (Å²) in [5, 5.41) is 2.50. The Hall–Kier alpha value is -4.12. The topological polar surface area (TPSA) is 136 Å². The predicted octanol–water partition coefficient (Wildman–Crippen LogP) is 3.81. The maximum Gasteiger partial charge on any atom is 0.326 e. The number of carbonyl (C=O) groups excluding carboxylic acids is 4. The fraction of sp³-hybridized carbons (Fsp3) is 0.568. The molecule has 1 amide bonds. The number of carbonyl (C=O) groups is 4. The van der Waals surface area contributed by atoms with E-state index in [0.717, 1.165) is 50.2 Å². The highest BCUT2D eigenvalue weighted by atomic mass is 16.6. The van der Waals surface area contributed by atoms with Crippen LogP contribution in [0.4, 0.5) is 0 Å². The summed E-state index contributed by atoms with van der Waals surface area (Å²) in [6.45, 7) is 12.4. The Kier molecular flexibility index (Phi) is 9.44. The molecule has 1 N–H and O–H groups in total.